The maximum Gasteiger partial charge on any atom is 0.414 e. The lowest BCUT2D eigenvalue weighted by atomic mass is 10.2. The highest BCUT2D eigenvalue weighted by Gasteiger charge is 2.33. The first-order chi connectivity index (χ1) is 14.4. The average molecular weight is 452 g/mol. The Morgan fingerprint density at radius 2 is 1.97 bits per heavy atom. The van der Waals surface area contributed by atoms with Crippen molar-refractivity contribution in [2.45, 2.75) is 13.0 Å². The van der Waals surface area contributed by atoms with Crippen molar-refractivity contribution in [3.05, 3.63) is 46.2 Å². The van der Waals surface area contributed by atoms with Crippen molar-refractivity contribution in [2.24, 2.45) is 0 Å². The van der Waals surface area contributed by atoms with Gasteiger partial charge in [0.2, 0.25) is 0 Å². The van der Waals surface area contributed by atoms with Crippen molar-refractivity contribution in [3.8, 4) is 0 Å². The second kappa shape index (κ2) is 10.0. The third kappa shape index (κ3) is 5.35. The lowest BCUT2D eigenvalue weighted by Crippen LogP contribution is -2.41. The fourth-order valence-electron chi connectivity index (χ4n) is 3.09. The Morgan fingerprint density at radius 3 is 2.57 bits per heavy atom. The molecule has 2 saturated heterocycles. The molecule has 1 atom stereocenters. The predicted octanol–water partition coefficient (Wildman–Crippen LogP) is 2.84. The summed E-state index contributed by atoms with van der Waals surface area (Å²) in [5.74, 6) is -0.403. The van der Waals surface area contributed by atoms with Gasteiger partial charge in [0.1, 0.15) is 12.7 Å². The number of rotatable bonds is 7. The van der Waals surface area contributed by atoms with Gasteiger partial charge < -0.3 is 19.7 Å². The summed E-state index contributed by atoms with van der Waals surface area (Å²) in [4.78, 5) is 40.0. The molecule has 0 spiro atoms. The lowest BCUT2D eigenvalue weighted by Gasteiger charge is -2.27. The number of hydrogen-bond donors (Lipinski definition) is 1. The molecule has 3 amide bonds. The van der Waals surface area contributed by atoms with E-state index in [1.54, 1.807) is 42.2 Å². The first-order valence-corrected chi connectivity index (χ1v) is 10.5. The highest BCUT2D eigenvalue weighted by molar-refractivity contribution is 8.08. The number of ether oxygens (including phenoxy) is 2. The summed E-state index contributed by atoms with van der Waals surface area (Å²) in [5, 5.41) is 2.74. The molecule has 10 heteroatoms. The molecule has 0 aromatic heterocycles. The quantitative estimate of drug-likeness (QED) is 0.641. The molecule has 0 saturated carbocycles. The lowest BCUT2D eigenvalue weighted by molar-refractivity contribution is -0.125. The van der Waals surface area contributed by atoms with Gasteiger partial charge in [0.05, 0.1) is 29.0 Å². The number of morpholine rings is 1. The number of nitrogens with one attached hydrogen (secondary N) is 1. The number of halogens is 1. The number of amides is 3. The van der Waals surface area contributed by atoms with Crippen molar-refractivity contribution in [1.29, 1.82) is 0 Å². The summed E-state index contributed by atoms with van der Waals surface area (Å²) in [7, 11) is 0. The molecule has 0 bridgehead atoms. The summed E-state index contributed by atoms with van der Waals surface area (Å²) >= 11 is 6.81. The Morgan fingerprint density at radius 1 is 1.30 bits per heavy atom. The molecule has 30 heavy (non-hydrogen) atoms. The number of thioether (sulfide) groups is 1. The minimum atomic E-state index is -0.487. The van der Waals surface area contributed by atoms with Gasteiger partial charge in [-0.15, -0.1) is 0 Å². The monoisotopic (exact) mass is 451 g/mol. The molecule has 2 heterocycles. The zero-order chi connectivity index (χ0) is 21.7. The smallest absolute Gasteiger partial charge is 0.414 e. The highest BCUT2D eigenvalue weighted by atomic mass is 35.5. The van der Waals surface area contributed by atoms with Crippen LogP contribution >= 0.6 is 23.4 Å². The predicted molar refractivity (Wildman–Crippen MR) is 117 cm³/mol. The minimum Gasteiger partial charge on any atom is -0.442 e. The van der Waals surface area contributed by atoms with E-state index in [0.717, 1.165) is 17.4 Å². The number of carbonyl (C=O) groups is 3. The molecular weight excluding hydrogens is 430 g/mol. The van der Waals surface area contributed by atoms with Crippen LogP contribution in [-0.2, 0) is 19.1 Å². The first-order valence-electron chi connectivity index (χ1n) is 9.32. The molecular formula is C20H22ClN3O5S. The molecule has 0 aliphatic carbocycles. The fourth-order valence-corrected chi connectivity index (χ4v) is 3.86. The van der Waals surface area contributed by atoms with E-state index in [1.165, 1.54) is 4.90 Å². The second-order valence-corrected chi connectivity index (χ2v) is 8.37. The first kappa shape index (κ1) is 22.2. The zero-order valence-electron chi connectivity index (χ0n) is 16.4. The molecule has 0 radical (unpaired) electrons. The minimum absolute atomic E-state index is 0.0695. The van der Waals surface area contributed by atoms with Crippen molar-refractivity contribution in [1.82, 2.24) is 5.32 Å². The van der Waals surface area contributed by atoms with Crippen LogP contribution in [0, 0.1) is 0 Å². The largest absolute Gasteiger partial charge is 0.442 e. The molecule has 160 valence electrons. The van der Waals surface area contributed by atoms with Crippen molar-refractivity contribution in [3.63, 3.8) is 0 Å². The summed E-state index contributed by atoms with van der Waals surface area (Å²) in [6.07, 6.45) is 0.671. The van der Waals surface area contributed by atoms with Gasteiger partial charge in [0.15, 0.2) is 0 Å². The van der Waals surface area contributed by atoms with Gasteiger partial charge >= 0.3 is 6.09 Å². The number of anilines is 2. The normalized spacial score (nSPS) is 19.7. The molecule has 8 nitrogen and oxygen atoms in total. The Hall–Kier alpha value is -2.49. The molecule has 2 aliphatic heterocycles. The third-order valence-corrected chi connectivity index (χ3v) is 5.62. The number of benzene rings is 1. The van der Waals surface area contributed by atoms with Crippen LogP contribution in [0.3, 0.4) is 0 Å². The summed E-state index contributed by atoms with van der Waals surface area (Å²) in [5.41, 5.74) is 1.40. The average Bonchev–Trinajstić information content (AvgIpc) is 3.11. The fraction of sp³-hybridized carbons (Fsp3) is 0.350. The maximum atomic E-state index is 12.3. The van der Waals surface area contributed by atoms with Crippen LogP contribution in [0.25, 0.3) is 0 Å². The Bertz CT molecular complexity index is 874. The van der Waals surface area contributed by atoms with E-state index in [4.69, 9.17) is 21.1 Å². The number of hydrogen-bond acceptors (Lipinski definition) is 6. The highest BCUT2D eigenvalue weighted by Crippen LogP contribution is 2.27. The van der Waals surface area contributed by atoms with E-state index in [0.29, 0.717) is 34.7 Å². The Labute approximate surface area is 183 Å². The Balaban J connectivity index is 1.57. The van der Waals surface area contributed by atoms with Gasteiger partial charge in [-0.1, -0.05) is 36.0 Å². The number of carbonyl (C=O) groups excluding carboxylic acids is 3. The van der Waals surface area contributed by atoms with E-state index in [2.05, 4.69) is 11.9 Å². The van der Waals surface area contributed by atoms with Crippen LogP contribution in [0.15, 0.2) is 46.2 Å². The van der Waals surface area contributed by atoms with Crippen molar-refractivity contribution < 1.29 is 23.9 Å². The number of nitrogens with zero attached hydrogens (tertiary/aromatic N) is 2. The topological polar surface area (TPSA) is 88.2 Å². The molecule has 2 aliphatic rings. The van der Waals surface area contributed by atoms with Gasteiger partial charge in [0.25, 0.3) is 11.8 Å². The van der Waals surface area contributed by atoms with Crippen molar-refractivity contribution in [2.75, 3.05) is 42.6 Å². The van der Waals surface area contributed by atoms with Crippen LogP contribution in [0.5, 0.6) is 0 Å². The van der Waals surface area contributed by atoms with E-state index in [9.17, 15) is 14.4 Å². The van der Waals surface area contributed by atoms with E-state index in [1.807, 2.05) is 0 Å². The molecule has 3 rings (SSSR count). The van der Waals surface area contributed by atoms with Gasteiger partial charge in [-0.05, 0) is 31.2 Å². The number of allylic oxidation sites excluding steroid dienone is 1. The van der Waals surface area contributed by atoms with Crippen LogP contribution in [-0.4, -0.2) is 56.9 Å². The van der Waals surface area contributed by atoms with Crippen LogP contribution in [0.2, 0.25) is 0 Å². The van der Waals surface area contributed by atoms with E-state index >= 15 is 0 Å². The summed E-state index contributed by atoms with van der Waals surface area (Å²) in [6.45, 7) is 6.82. The zero-order valence-corrected chi connectivity index (χ0v) is 18.0. The molecule has 1 N–H and O–H groups in total. The SMILES string of the molecule is C=C(Cl)SC(=CC)C(=O)NCC1CN(c2ccc(N3CCOCC3=O)cc2)C(=O)O1. The Kier molecular flexibility index (Phi) is 7.41. The van der Waals surface area contributed by atoms with E-state index in [-0.39, 0.29) is 25.0 Å². The molecule has 1 unspecified atom stereocenters. The van der Waals surface area contributed by atoms with Crippen molar-refractivity contribution >= 4 is 52.6 Å². The summed E-state index contributed by atoms with van der Waals surface area (Å²) < 4.78 is 10.8. The molecule has 1 aromatic carbocycles. The van der Waals surface area contributed by atoms with Crippen LogP contribution in [0.4, 0.5) is 16.2 Å². The maximum absolute atomic E-state index is 12.3. The van der Waals surface area contributed by atoms with Gasteiger partial charge in [0, 0.05) is 17.9 Å². The number of cyclic esters (lactones) is 1. The van der Waals surface area contributed by atoms with E-state index < -0.39 is 12.2 Å². The van der Waals surface area contributed by atoms with Gasteiger partial charge in [-0.2, -0.15) is 0 Å². The van der Waals surface area contributed by atoms with Gasteiger partial charge in [-0.3, -0.25) is 14.5 Å². The third-order valence-electron chi connectivity index (χ3n) is 4.53. The summed E-state index contributed by atoms with van der Waals surface area (Å²) in [6, 6.07) is 7.10. The second-order valence-electron chi connectivity index (χ2n) is 6.55. The standard InChI is InChI=1S/C20H22ClN3O5S/c1-3-17(30-13(2)21)19(26)22-10-16-11-24(20(27)29-16)15-6-4-14(5-7-15)23-8-9-28-12-18(23)25/h3-7,16H,2,8-12H2,1H3,(H,22,26). The molecule has 1 aromatic rings. The van der Waals surface area contributed by atoms with Gasteiger partial charge in [-0.25, -0.2) is 4.79 Å². The molecule has 2 fully saturated rings. The van der Waals surface area contributed by atoms with Crippen LogP contribution < -0.4 is 15.1 Å². The van der Waals surface area contributed by atoms with Crippen LogP contribution in [0.1, 0.15) is 6.92 Å².